The Morgan fingerprint density at radius 2 is 2.38 bits per heavy atom. The van der Waals surface area contributed by atoms with Gasteiger partial charge in [-0.15, -0.1) is 11.3 Å². The van der Waals surface area contributed by atoms with Crippen molar-refractivity contribution < 1.29 is 14.3 Å². The van der Waals surface area contributed by atoms with Gasteiger partial charge in [-0.3, -0.25) is 5.32 Å². The number of nitrogens with zero attached hydrogens (tertiary/aromatic N) is 1. The summed E-state index contributed by atoms with van der Waals surface area (Å²) in [5.74, 6) is 0.405. The van der Waals surface area contributed by atoms with Crippen molar-refractivity contribution in [3.05, 3.63) is 35.2 Å². The standard InChI is InChI=1S/C14H19N3O3S/c1-3-5-10-8-15-13(21-10)17-12(18)16-9-14(2,19)11-6-4-7-20-11/h4,6-8,19H,3,5,9H2,1-2H3,(H2,15,16,17,18). The number of thiazole rings is 1. The highest BCUT2D eigenvalue weighted by molar-refractivity contribution is 7.15. The molecule has 2 aromatic heterocycles. The van der Waals surface area contributed by atoms with E-state index >= 15 is 0 Å². The molecular weight excluding hydrogens is 290 g/mol. The van der Waals surface area contributed by atoms with Gasteiger partial charge in [0.05, 0.1) is 12.8 Å². The molecular formula is C14H19N3O3S. The number of anilines is 1. The lowest BCUT2D eigenvalue weighted by Gasteiger charge is -2.20. The number of urea groups is 1. The fourth-order valence-electron chi connectivity index (χ4n) is 1.79. The van der Waals surface area contributed by atoms with E-state index < -0.39 is 11.6 Å². The Morgan fingerprint density at radius 1 is 1.57 bits per heavy atom. The summed E-state index contributed by atoms with van der Waals surface area (Å²) in [6, 6.07) is 2.95. The number of carbonyl (C=O) groups excluding carboxylic acids is 1. The number of aryl methyl sites for hydroxylation is 1. The normalized spacial score (nSPS) is 13.7. The third-order valence-electron chi connectivity index (χ3n) is 2.92. The van der Waals surface area contributed by atoms with E-state index in [2.05, 4.69) is 22.5 Å². The van der Waals surface area contributed by atoms with Crippen LogP contribution in [0.5, 0.6) is 0 Å². The first-order valence-corrected chi connectivity index (χ1v) is 7.59. The highest BCUT2D eigenvalue weighted by Crippen LogP contribution is 2.21. The maximum Gasteiger partial charge on any atom is 0.321 e. The second-order valence-corrected chi connectivity index (χ2v) is 6.06. The van der Waals surface area contributed by atoms with Gasteiger partial charge in [0, 0.05) is 11.1 Å². The number of furan rings is 1. The number of hydrogen-bond acceptors (Lipinski definition) is 5. The van der Waals surface area contributed by atoms with Gasteiger partial charge in [-0.25, -0.2) is 9.78 Å². The zero-order valence-corrected chi connectivity index (χ0v) is 12.9. The molecule has 0 fully saturated rings. The van der Waals surface area contributed by atoms with Gasteiger partial charge in [0.1, 0.15) is 11.4 Å². The fraction of sp³-hybridized carbons (Fsp3) is 0.429. The summed E-state index contributed by atoms with van der Waals surface area (Å²) in [5, 5.41) is 16.0. The van der Waals surface area contributed by atoms with Crippen molar-refractivity contribution in [2.24, 2.45) is 0 Å². The van der Waals surface area contributed by atoms with Crippen LogP contribution in [-0.2, 0) is 12.0 Å². The molecule has 2 aromatic rings. The highest BCUT2D eigenvalue weighted by Gasteiger charge is 2.26. The van der Waals surface area contributed by atoms with Crippen LogP contribution >= 0.6 is 11.3 Å². The monoisotopic (exact) mass is 309 g/mol. The summed E-state index contributed by atoms with van der Waals surface area (Å²) >= 11 is 1.45. The maximum absolute atomic E-state index is 11.8. The van der Waals surface area contributed by atoms with E-state index in [0.717, 1.165) is 17.7 Å². The number of carbonyl (C=O) groups is 1. The smallest absolute Gasteiger partial charge is 0.321 e. The van der Waals surface area contributed by atoms with Crippen LogP contribution in [0.2, 0.25) is 0 Å². The molecule has 0 aliphatic rings. The zero-order chi connectivity index (χ0) is 15.3. The third kappa shape index (κ3) is 4.30. The summed E-state index contributed by atoms with van der Waals surface area (Å²) in [5.41, 5.74) is -1.25. The average molecular weight is 309 g/mol. The SMILES string of the molecule is CCCc1cnc(NC(=O)NCC(C)(O)c2ccco2)s1. The predicted molar refractivity (Wildman–Crippen MR) is 81.4 cm³/mol. The van der Waals surface area contributed by atoms with Crippen LogP contribution in [0, 0.1) is 0 Å². The van der Waals surface area contributed by atoms with Crippen molar-refractivity contribution in [2.45, 2.75) is 32.3 Å². The number of amides is 2. The first-order chi connectivity index (χ1) is 10.0. The molecule has 3 N–H and O–H groups in total. The first-order valence-electron chi connectivity index (χ1n) is 6.77. The molecule has 6 nitrogen and oxygen atoms in total. The van der Waals surface area contributed by atoms with Crippen LogP contribution in [0.3, 0.4) is 0 Å². The number of rotatable bonds is 6. The molecule has 0 saturated carbocycles. The van der Waals surface area contributed by atoms with Crippen molar-refractivity contribution in [3.63, 3.8) is 0 Å². The van der Waals surface area contributed by atoms with E-state index in [1.165, 1.54) is 17.6 Å². The van der Waals surface area contributed by atoms with Crippen LogP contribution in [0.4, 0.5) is 9.93 Å². The van der Waals surface area contributed by atoms with Crippen LogP contribution in [0.25, 0.3) is 0 Å². The minimum absolute atomic E-state index is 0.0412. The summed E-state index contributed by atoms with van der Waals surface area (Å²) in [7, 11) is 0. The van der Waals surface area contributed by atoms with Gasteiger partial charge in [0.25, 0.3) is 0 Å². The average Bonchev–Trinajstić information content (AvgIpc) is 3.09. The number of hydrogen-bond donors (Lipinski definition) is 3. The predicted octanol–water partition coefficient (Wildman–Crippen LogP) is 2.72. The molecule has 0 saturated heterocycles. The lowest BCUT2D eigenvalue weighted by Crippen LogP contribution is -2.40. The molecule has 0 bridgehead atoms. The van der Waals surface area contributed by atoms with Gasteiger partial charge in [-0.1, -0.05) is 13.3 Å². The Hall–Kier alpha value is -1.86. The van der Waals surface area contributed by atoms with Crippen molar-refractivity contribution in [2.75, 3.05) is 11.9 Å². The van der Waals surface area contributed by atoms with E-state index in [1.807, 2.05) is 0 Å². The van der Waals surface area contributed by atoms with Gasteiger partial charge in [-0.2, -0.15) is 0 Å². The van der Waals surface area contributed by atoms with Crippen LogP contribution in [0.15, 0.2) is 29.0 Å². The molecule has 0 aliphatic carbocycles. The van der Waals surface area contributed by atoms with Crippen LogP contribution in [-0.4, -0.2) is 22.7 Å². The van der Waals surface area contributed by atoms with E-state index in [-0.39, 0.29) is 6.54 Å². The molecule has 1 unspecified atom stereocenters. The molecule has 2 rings (SSSR count). The Labute approximate surface area is 127 Å². The van der Waals surface area contributed by atoms with E-state index in [9.17, 15) is 9.90 Å². The summed E-state index contributed by atoms with van der Waals surface area (Å²) in [6.45, 7) is 3.71. The molecule has 0 aromatic carbocycles. The zero-order valence-electron chi connectivity index (χ0n) is 12.0. The lowest BCUT2D eigenvalue weighted by molar-refractivity contribution is 0.0372. The second-order valence-electron chi connectivity index (χ2n) is 4.94. The number of nitrogens with one attached hydrogen (secondary N) is 2. The van der Waals surface area contributed by atoms with Gasteiger partial charge in [-0.05, 0) is 25.5 Å². The van der Waals surface area contributed by atoms with E-state index in [0.29, 0.717) is 10.9 Å². The van der Waals surface area contributed by atoms with Crippen molar-refractivity contribution in [1.82, 2.24) is 10.3 Å². The summed E-state index contributed by atoms with van der Waals surface area (Å²) < 4.78 is 5.15. The third-order valence-corrected chi connectivity index (χ3v) is 3.89. The molecule has 2 amide bonds. The lowest BCUT2D eigenvalue weighted by atomic mass is 10.0. The molecule has 114 valence electrons. The molecule has 0 aliphatic heterocycles. The Morgan fingerprint density at radius 3 is 3.05 bits per heavy atom. The van der Waals surface area contributed by atoms with E-state index in [1.54, 1.807) is 25.3 Å². The minimum Gasteiger partial charge on any atom is -0.466 e. The fourth-order valence-corrected chi connectivity index (χ4v) is 2.70. The van der Waals surface area contributed by atoms with E-state index in [4.69, 9.17) is 4.42 Å². The molecule has 1 atom stereocenters. The topological polar surface area (TPSA) is 87.4 Å². The van der Waals surface area contributed by atoms with Crippen LogP contribution in [0.1, 0.15) is 30.9 Å². The molecule has 7 heteroatoms. The molecule has 0 radical (unpaired) electrons. The highest BCUT2D eigenvalue weighted by atomic mass is 32.1. The van der Waals surface area contributed by atoms with Crippen molar-refractivity contribution in [1.29, 1.82) is 0 Å². The number of aliphatic hydroxyl groups is 1. The van der Waals surface area contributed by atoms with Gasteiger partial charge < -0.3 is 14.8 Å². The Balaban J connectivity index is 1.84. The Bertz CT molecular complexity index is 578. The number of aromatic nitrogens is 1. The molecule has 2 heterocycles. The van der Waals surface area contributed by atoms with Gasteiger partial charge >= 0.3 is 6.03 Å². The summed E-state index contributed by atoms with van der Waals surface area (Å²) in [6.07, 6.45) is 5.24. The Kier molecular flexibility index (Phi) is 4.98. The van der Waals surface area contributed by atoms with Crippen molar-refractivity contribution >= 4 is 22.5 Å². The largest absolute Gasteiger partial charge is 0.466 e. The molecule has 0 spiro atoms. The quantitative estimate of drug-likeness (QED) is 0.765. The van der Waals surface area contributed by atoms with Gasteiger partial charge in [0.15, 0.2) is 5.13 Å². The van der Waals surface area contributed by atoms with Crippen molar-refractivity contribution in [3.8, 4) is 0 Å². The molecule has 21 heavy (non-hydrogen) atoms. The van der Waals surface area contributed by atoms with Gasteiger partial charge in [0.2, 0.25) is 0 Å². The van der Waals surface area contributed by atoms with Crippen LogP contribution < -0.4 is 10.6 Å². The summed E-state index contributed by atoms with van der Waals surface area (Å²) in [4.78, 5) is 17.1. The first kappa shape index (κ1) is 15.5. The minimum atomic E-state index is -1.25. The second kappa shape index (κ2) is 6.73. The maximum atomic E-state index is 11.8.